The maximum atomic E-state index is 11.9. The van der Waals surface area contributed by atoms with Gasteiger partial charge in [0.15, 0.2) is 0 Å². The third kappa shape index (κ3) is 1.74. The predicted molar refractivity (Wildman–Crippen MR) is 37.7 cm³/mol. The minimum Gasteiger partial charge on any atom is -0.233 e. The minimum atomic E-state index is -4.27. The summed E-state index contributed by atoms with van der Waals surface area (Å²) >= 11 is 0. The summed E-state index contributed by atoms with van der Waals surface area (Å²) in [6.07, 6.45) is -4.27. The molecule has 1 aromatic heterocycles. The summed E-state index contributed by atoms with van der Waals surface area (Å²) in [7, 11) is -0.901. The van der Waals surface area contributed by atoms with Crippen LogP contribution in [0, 0.1) is 6.92 Å². The van der Waals surface area contributed by atoms with E-state index in [1.807, 2.05) is 0 Å². The van der Waals surface area contributed by atoms with E-state index in [1.54, 1.807) is 13.6 Å². The van der Waals surface area contributed by atoms with Gasteiger partial charge in [0.05, 0.1) is 0 Å². The van der Waals surface area contributed by atoms with Crippen LogP contribution in [-0.2, 0) is 12.8 Å². The van der Waals surface area contributed by atoms with Gasteiger partial charge < -0.3 is 0 Å². The molecular weight excluding hydrogens is 174 g/mol. The van der Waals surface area contributed by atoms with Gasteiger partial charge in [0, 0.05) is 0 Å². The van der Waals surface area contributed by atoms with E-state index in [0.29, 0.717) is 0 Å². The van der Waals surface area contributed by atoms with Gasteiger partial charge >= 0.3 is 6.18 Å². The van der Waals surface area contributed by atoms with Crippen LogP contribution in [0.5, 0.6) is 0 Å². The zero-order chi connectivity index (χ0) is 8.65. The molecule has 1 rings (SSSR count). The first-order valence-electron chi connectivity index (χ1n) is 2.99. The minimum absolute atomic E-state index is 0.729. The molecule has 1 heterocycles. The molecule has 0 radical (unpaired) electrons. The molecule has 0 aliphatic rings. The molecule has 0 saturated carbocycles. The normalized spacial score (nSPS) is 13.7. The van der Waals surface area contributed by atoms with Crippen molar-refractivity contribution in [2.45, 2.75) is 13.1 Å². The van der Waals surface area contributed by atoms with Gasteiger partial charge in [-0.05, 0) is 32.6 Å². The lowest BCUT2D eigenvalue weighted by atomic mass is 10.4. The lowest BCUT2D eigenvalue weighted by Crippen LogP contribution is -2.04. The third-order valence-electron chi connectivity index (χ3n) is 1.40. The number of aromatic nitrogens is 1. The second kappa shape index (κ2) is 2.52. The van der Waals surface area contributed by atoms with Crippen LogP contribution in [0.4, 0.5) is 13.2 Å². The zero-order valence-corrected chi connectivity index (χ0v) is 7.00. The van der Waals surface area contributed by atoms with E-state index in [-0.39, 0.29) is 0 Å². The van der Waals surface area contributed by atoms with Crippen molar-refractivity contribution in [1.82, 2.24) is 4.75 Å². The summed E-state index contributed by atoms with van der Waals surface area (Å²) in [5.74, 6) is 0. The molecule has 1 atom stereocenters. The molecule has 62 valence electrons. The lowest BCUT2D eigenvalue weighted by Gasteiger charge is -1.99. The Morgan fingerprint density at radius 1 is 1.45 bits per heavy atom. The number of halogens is 3. The first kappa shape index (κ1) is 8.60. The van der Waals surface area contributed by atoms with Crippen molar-refractivity contribution in [1.29, 1.82) is 0 Å². The second-order valence-corrected chi connectivity index (χ2v) is 4.24. The molecule has 0 saturated heterocycles. The summed E-state index contributed by atoms with van der Waals surface area (Å²) in [5, 5.41) is 0.729. The average Bonchev–Trinajstić information content (AvgIpc) is 2.11. The molecule has 0 aliphatic carbocycles. The van der Waals surface area contributed by atoms with Gasteiger partial charge in [0.1, 0.15) is 5.69 Å². The Morgan fingerprint density at radius 3 is 2.18 bits per heavy atom. The third-order valence-corrected chi connectivity index (χ3v) is 3.07. The Labute approximate surface area is 63.4 Å². The van der Waals surface area contributed by atoms with Crippen molar-refractivity contribution in [2.24, 2.45) is 6.66 Å². The molecule has 11 heavy (non-hydrogen) atoms. The number of aryl methyl sites for hydroxylation is 2. The summed E-state index contributed by atoms with van der Waals surface area (Å²) in [6, 6.07) is 1.12. The second-order valence-electron chi connectivity index (χ2n) is 2.29. The van der Waals surface area contributed by atoms with Crippen molar-refractivity contribution >= 4 is 7.69 Å². The van der Waals surface area contributed by atoms with Gasteiger partial charge in [0.25, 0.3) is 0 Å². The van der Waals surface area contributed by atoms with Crippen LogP contribution >= 0.6 is 7.69 Å². The highest BCUT2D eigenvalue weighted by Gasteiger charge is 2.33. The fraction of sp³-hybridized carbons (Fsp3) is 0.500. The lowest BCUT2D eigenvalue weighted by molar-refractivity contribution is -0.140. The molecule has 0 aliphatic heterocycles. The molecule has 1 unspecified atom stereocenters. The summed E-state index contributed by atoms with van der Waals surface area (Å²) in [5.41, 5.74) is -0.733. The van der Waals surface area contributed by atoms with Gasteiger partial charge in [0.2, 0.25) is 0 Å². The molecule has 0 amide bonds. The standard InChI is InChI=1S/C6H7F3NP/c1-4-3-5(6(7,8)9)10-11(4)2/h3H,1-2H3. The quantitative estimate of drug-likeness (QED) is 0.599. The van der Waals surface area contributed by atoms with Crippen molar-refractivity contribution in [3.05, 3.63) is 17.1 Å². The molecule has 1 aromatic rings. The van der Waals surface area contributed by atoms with E-state index < -0.39 is 19.6 Å². The van der Waals surface area contributed by atoms with E-state index >= 15 is 0 Å². The van der Waals surface area contributed by atoms with Crippen molar-refractivity contribution in [3.8, 4) is 0 Å². The maximum absolute atomic E-state index is 11.9. The fourth-order valence-electron chi connectivity index (χ4n) is 0.699. The van der Waals surface area contributed by atoms with Gasteiger partial charge in [-0.3, -0.25) is 0 Å². The number of hydrogen-bond donors (Lipinski definition) is 0. The van der Waals surface area contributed by atoms with E-state index in [9.17, 15) is 13.2 Å². The van der Waals surface area contributed by atoms with Crippen LogP contribution in [-0.4, -0.2) is 4.75 Å². The Kier molecular flexibility index (Phi) is 1.97. The monoisotopic (exact) mass is 181 g/mol. The van der Waals surface area contributed by atoms with Gasteiger partial charge in [-0.15, -0.1) is 0 Å². The predicted octanol–water partition coefficient (Wildman–Crippen LogP) is 2.93. The number of rotatable bonds is 0. The highest BCUT2D eigenvalue weighted by atomic mass is 31.1. The van der Waals surface area contributed by atoms with Crippen molar-refractivity contribution in [2.75, 3.05) is 0 Å². The first-order chi connectivity index (χ1) is 4.91. The van der Waals surface area contributed by atoms with Gasteiger partial charge in [-0.1, -0.05) is 0 Å². The molecule has 0 N–H and O–H groups in total. The molecule has 0 spiro atoms. The van der Waals surface area contributed by atoms with Crippen molar-refractivity contribution < 1.29 is 13.2 Å². The highest BCUT2D eigenvalue weighted by Crippen LogP contribution is 2.35. The molecular formula is C6H7F3NP. The molecule has 0 bridgehead atoms. The maximum Gasteiger partial charge on any atom is 0.433 e. The smallest absolute Gasteiger partial charge is 0.233 e. The topological polar surface area (TPSA) is 12.9 Å². The van der Waals surface area contributed by atoms with E-state index in [1.165, 1.54) is 0 Å². The Bertz CT molecular complexity index is 244. The van der Waals surface area contributed by atoms with Crippen LogP contribution in [0.1, 0.15) is 11.0 Å². The van der Waals surface area contributed by atoms with Crippen molar-refractivity contribution in [3.63, 3.8) is 0 Å². The Morgan fingerprint density at radius 2 is 2.00 bits per heavy atom. The van der Waals surface area contributed by atoms with E-state index in [4.69, 9.17) is 0 Å². The van der Waals surface area contributed by atoms with Gasteiger partial charge in [-0.2, -0.15) is 13.2 Å². The Hall–Kier alpha value is -0.500. The number of nitrogens with zero attached hydrogens (tertiary/aromatic N) is 1. The largest absolute Gasteiger partial charge is 0.433 e. The van der Waals surface area contributed by atoms with E-state index in [2.05, 4.69) is 4.75 Å². The first-order valence-corrected chi connectivity index (χ1v) is 4.73. The highest BCUT2D eigenvalue weighted by molar-refractivity contribution is 7.44. The Balaban J connectivity index is 3.08. The molecule has 5 heteroatoms. The molecule has 1 nitrogen and oxygen atoms in total. The summed E-state index contributed by atoms with van der Waals surface area (Å²) in [4.78, 5) is 0. The zero-order valence-electron chi connectivity index (χ0n) is 6.11. The van der Waals surface area contributed by atoms with Gasteiger partial charge in [-0.25, -0.2) is 4.75 Å². The van der Waals surface area contributed by atoms with Crippen LogP contribution in [0.15, 0.2) is 6.07 Å². The van der Waals surface area contributed by atoms with E-state index in [0.717, 1.165) is 11.4 Å². The summed E-state index contributed by atoms with van der Waals surface area (Å²) < 4.78 is 39.3. The fourth-order valence-corrected chi connectivity index (χ4v) is 1.66. The van der Waals surface area contributed by atoms with Crippen LogP contribution < -0.4 is 0 Å². The van der Waals surface area contributed by atoms with Crippen LogP contribution in [0.25, 0.3) is 0 Å². The molecule has 0 aromatic carbocycles. The van der Waals surface area contributed by atoms with Crippen LogP contribution in [0.3, 0.4) is 0 Å². The number of alkyl halides is 3. The van der Waals surface area contributed by atoms with Crippen LogP contribution in [0.2, 0.25) is 0 Å². The summed E-state index contributed by atoms with van der Waals surface area (Å²) in [6.45, 7) is 3.38. The molecule has 0 fully saturated rings. The SMILES string of the molecule is Cc1cc(C(F)(F)F)np1C. The number of hydrogen-bond acceptors (Lipinski definition) is 1. The average molecular weight is 181 g/mol.